The van der Waals surface area contributed by atoms with Gasteiger partial charge in [0.25, 0.3) is 0 Å². The number of carbonyl (C=O) groups is 1. The molecule has 3 N–H and O–H groups in total. The molecule has 0 heterocycles. The maximum Gasteiger partial charge on any atom is 0.332 e. The van der Waals surface area contributed by atoms with Gasteiger partial charge in [0.2, 0.25) is 0 Å². The van der Waals surface area contributed by atoms with Crippen molar-refractivity contribution in [3.8, 4) is 0 Å². The predicted octanol–water partition coefficient (Wildman–Crippen LogP) is 1.86. The average molecular weight is 197 g/mol. The van der Waals surface area contributed by atoms with E-state index >= 15 is 0 Å². The third kappa shape index (κ3) is 3.36. The van der Waals surface area contributed by atoms with Gasteiger partial charge in [-0.3, -0.25) is 0 Å². The minimum absolute atomic E-state index is 0.580. The van der Waals surface area contributed by atoms with Gasteiger partial charge >= 0.3 is 6.03 Å². The molecule has 4 heteroatoms. The number of nitrogens with zero attached hydrogens (tertiary/aromatic N) is 1. The van der Waals surface area contributed by atoms with Gasteiger partial charge in [0.15, 0.2) is 0 Å². The number of hydrazone groups is 1. The van der Waals surface area contributed by atoms with E-state index in [9.17, 15) is 4.79 Å². The highest BCUT2D eigenvalue weighted by molar-refractivity contribution is 5.86. The number of rotatable bonds is 2. The van der Waals surface area contributed by atoms with Crippen LogP contribution in [0, 0.1) is 11.8 Å². The van der Waals surface area contributed by atoms with Crippen molar-refractivity contribution in [2.45, 2.75) is 39.5 Å². The van der Waals surface area contributed by atoms with Gasteiger partial charge in [-0.1, -0.05) is 13.8 Å². The van der Waals surface area contributed by atoms with Crippen LogP contribution in [-0.2, 0) is 0 Å². The quantitative estimate of drug-likeness (QED) is 0.652. The SMILES string of the molecule is CC(C)C1CCC(=NNC(N)=O)CC1. The molecule has 0 spiro atoms. The maximum absolute atomic E-state index is 10.4. The number of carbonyl (C=O) groups excluding carboxylic acids is 1. The molecule has 80 valence electrons. The summed E-state index contributed by atoms with van der Waals surface area (Å²) in [6.45, 7) is 4.52. The summed E-state index contributed by atoms with van der Waals surface area (Å²) in [6, 6.07) is -0.580. The Labute approximate surface area is 84.9 Å². The van der Waals surface area contributed by atoms with Crippen molar-refractivity contribution in [2.75, 3.05) is 0 Å². The van der Waals surface area contributed by atoms with E-state index in [1.54, 1.807) is 0 Å². The molecule has 0 aromatic carbocycles. The predicted molar refractivity (Wildman–Crippen MR) is 57.0 cm³/mol. The lowest BCUT2D eigenvalue weighted by atomic mass is 9.81. The van der Waals surface area contributed by atoms with Crippen molar-refractivity contribution in [1.29, 1.82) is 0 Å². The highest BCUT2D eigenvalue weighted by Crippen LogP contribution is 2.28. The zero-order valence-electron chi connectivity index (χ0n) is 8.92. The average Bonchev–Trinajstić information content (AvgIpc) is 2.15. The molecule has 2 amide bonds. The van der Waals surface area contributed by atoms with E-state index < -0.39 is 6.03 Å². The molecule has 0 bridgehead atoms. The van der Waals surface area contributed by atoms with Crippen molar-refractivity contribution in [2.24, 2.45) is 22.7 Å². The van der Waals surface area contributed by atoms with Crippen LogP contribution in [0.4, 0.5) is 4.79 Å². The van der Waals surface area contributed by atoms with Crippen LogP contribution in [-0.4, -0.2) is 11.7 Å². The van der Waals surface area contributed by atoms with Gasteiger partial charge in [-0.25, -0.2) is 10.2 Å². The Hall–Kier alpha value is -1.06. The second-order valence-electron chi connectivity index (χ2n) is 4.24. The lowest BCUT2D eigenvalue weighted by Crippen LogP contribution is -2.27. The van der Waals surface area contributed by atoms with E-state index in [-0.39, 0.29) is 0 Å². The summed E-state index contributed by atoms with van der Waals surface area (Å²) in [7, 11) is 0. The molecule has 0 aromatic heterocycles. The van der Waals surface area contributed by atoms with Crippen molar-refractivity contribution >= 4 is 11.7 Å². The lowest BCUT2D eigenvalue weighted by Gasteiger charge is -2.25. The maximum atomic E-state index is 10.4. The molecule has 0 atom stereocenters. The third-order valence-corrected chi connectivity index (χ3v) is 2.87. The monoisotopic (exact) mass is 197 g/mol. The van der Waals surface area contributed by atoms with Crippen molar-refractivity contribution < 1.29 is 4.79 Å². The molecular weight excluding hydrogens is 178 g/mol. The molecule has 0 aliphatic heterocycles. The third-order valence-electron chi connectivity index (χ3n) is 2.87. The van der Waals surface area contributed by atoms with Gasteiger partial charge in [0.1, 0.15) is 0 Å². The Balaban J connectivity index is 2.35. The number of hydrogen-bond donors (Lipinski definition) is 2. The fourth-order valence-corrected chi connectivity index (χ4v) is 1.89. The number of amides is 2. The van der Waals surface area contributed by atoms with Gasteiger partial charge in [-0.2, -0.15) is 5.10 Å². The molecule has 0 aromatic rings. The summed E-state index contributed by atoms with van der Waals surface area (Å²) in [5.41, 5.74) is 8.28. The molecule has 0 radical (unpaired) electrons. The standard InChI is InChI=1S/C10H19N3O/c1-7(2)8-3-5-9(6-4-8)12-13-10(11)14/h7-8H,3-6H2,1-2H3,(H3,11,13,14). The van der Waals surface area contributed by atoms with Crippen LogP contribution in [0.2, 0.25) is 0 Å². The number of urea groups is 1. The van der Waals surface area contributed by atoms with E-state index in [1.807, 2.05) is 0 Å². The largest absolute Gasteiger partial charge is 0.350 e. The molecule has 1 aliphatic carbocycles. The van der Waals surface area contributed by atoms with Gasteiger partial charge < -0.3 is 5.73 Å². The van der Waals surface area contributed by atoms with Crippen LogP contribution in [0.25, 0.3) is 0 Å². The fourth-order valence-electron chi connectivity index (χ4n) is 1.89. The first-order chi connectivity index (χ1) is 6.59. The first-order valence-corrected chi connectivity index (χ1v) is 5.20. The highest BCUT2D eigenvalue weighted by Gasteiger charge is 2.20. The Morgan fingerprint density at radius 2 is 2.07 bits per heavy atom. The molecule has 0 saturated heterocycles. The number of nitrogens with two attached hydrogens (primary N) is 1. The van der Waals surface area contributed by atoms with E-state index in [2.05, 4.69) is 24.4 Å². The molecular formula is C10H19N3O. The lowest BCUT2D eigenvalue weighted by molar-refractivity contribution is 0.249. The number of hydrogen-bond acceptors (Lipinski definition) is 2. The summed E-state index contributed by atoms with van der Waals surface area (Å²) in [5, 5.41) is 3.97. The molecule has 1 saturated carbocycles. The number of nitrogens with one attached hydrogen (secondary N) is 1. The summed E-state index contributed by atoms with van der Waals surface area (Å²) >= 11 is 0. The van der Waals surface area contributed by atoms with E-state index in [1.165, 1.54) is 12.8 Å². The number of primary amides is 1. The van der Waals surface area contributed by atoms with Crippen LogP contribution >= 0.6 is 0 Å². The Bertz CT molecular complexity index is 226. The van der Waals surface area contributed by atoms with E-state index in [4.69, 9.17) is 5.73 Å². The second kappa shape index (κ2) is 4.98. The first-order valence-electron chi connectivity index (χ1n) is 5.20. The van der Waals surface area contributed by atoms with E-state index in [0.29, 0.717) is 0 Å². The summed E-state index contributed by atoms with van der Waals surface area (Å²) in [6.07, 6.45) is 4.33. The van der Waals surface area contributed by atoms with Crippen LogP contribution in [0.15, 0.2) is 5.10 Å². The minimum atomic E-state index is -0.580. The summed E-state index contributed by atoms with van der Waals surface area (Å²) in [4.78, 5) is 10.4. The van der Waals surface area contributed by atoms with Crippen LogP contribution in [0.3, 0.4) is 0 Å². The van der Waals surface area contributed by atoms with Crippen molar-refractivity contribution in [1.82, 2.24) is 5.43 Å². The van der Waals surface area contributed by atoms with Gasteiger partial charge in [-0.05, 0) is 37.5 Å². The Morgan fingerprint density at radius 1 is 1.50 bits per heavy atom. The van der Waals surface area contributed by atoms with Crippen molar-refractivity contribution in [3.63, 3.8) is 0 Å². The molecule has 1 aliphatic rings. The Kier molecular flexibility index (Phi) is 3.92. The fraction of sp³-hybridized carbons (Fsp3) is 0.800. The summed E-state index contributed by atoms with van der Waals surface area (Å²) in [5.74, 6) is 1.56. The first kappa shape index (κ1) is 11.0. The molecule has 0 unspecified atom stereocenters. The normalized spacial score (nSPS) is 22.2. The molecule has 1 rings (SSSR count). The highest BCUT2D eigenvalue weighted by atomic mass is 16.2. The van der Waals surface area contributed by atoms with Crippen LogP contribution in [0.5, 0.6) is 0 Å². The smallest absolute Gasteiger partial charge is 0.332 e. The molecule has 4 nitrogen and oxygen atoms in total. The van der Waals surface area contributed by atoms with Gasteiger partial charge in [0.05, 0.1) is 0 Å². The van der Waals surface area contributed by atoms with Gasteiger partial charge in [-0.15, -0.1) is 0 Å². The van der Waals surface area contributed by atoms with Crippen LogP contribution in [0.1, 0.15) is 39.5 Å². The zero-order chi connectivity index (χ0) is 10.6. The van der Waals surface area contributed by atoms with Crippen LogP contribution < -0.4 is 11.2 Å². The second-order valence-corrected chi connectivity index (χ2v) is 4.24. The van der Waals surface area contributed by atoms with Crippen molar-refractivity contribution in [3.05, 3.63) is 0 Å². The Morgan fingerprint density at radius 3 is 2.50 bits per heavy atom. The summed E-state index contributed by atoms with van der Waals surface area (Å²) < 4.78 is 0. The topological polar surface area (TPSA) is 67.5 Å². The van der Waals surface area contributed by atoms with Gasteiger partial charge in [0, 0.05) is 5.71 Å². The minimum Gasteiger partial charge on any atom is -0.350 e. The molecule has 14 heavy (non-hydrogen) atoms. The molecule has 1 fully saturated rings. The van der Waals surface area contributed by atoms with E-state index in [0.717, 1.165) is 30.4 Å². The zero-order valence-corrected chi connectivity index (χ0v) is 8.92.